The zero-order valence-electron chi connectivity index (χ0n) is 9.59. The van der Waals surface area contributed by atoms with Gasteiger partial charge in [0.1, 0.15) is 4.83 Å². The fourth-order valence-electron chi connectivity index (χ4n) is 1.10. The molecule has 1 atom stereocenters. The van der Waals surface area contributed by atoms with Crippen molar-refractivity contribution in [3.8, 4) is 0 Å². The first-order valence-electron chi connectivity index (χ1n) is 5.09. The lowest BCUT2D eigenvalue weighted by Gasteiger charge is -2.02. The van der Waals surface area contributed by atoms with Crippen molar-refractivity contribution in [3.63, 3.8) is 0 Å². The van der Waals surface area contributed by atoms with Crippen LogP contribution in [0.2, 0.25) is 0 Å². The Morgan fingerprint density at radius 3 is 2.40 bits per heavy atom. The second-order valence-corrected chi connectivity index (χ2v) is 5.02. The van der Waals surface area contributed by atoms with E-state index in [0.717, 1.165) is 12.8 Å². The molecule has 0 spiro atoms. The van der Waals surface area contributed by atoms with Gasteiger partial charge in [-0.3, -0.25) is 4.79 Å². The molecule has 0 amide bonds. The van der Waals surface area contributed by atoms with Gasteiger partial charge in [-0.25, -0.2) is 0 Å². The predicted molar refractivity (Wildman–Crippen MR) is 67.4 cm³/mol. The molecule has 0 rings (SSSR count). The maximum atomic E-state index is 10.5. The third-order valence-corrected chi connectivity index (χ3v) is 2.80. The summed E-state index contributed by atoms with van der Waals surface area (Å²) in [7, 11) is 0. The first-order chi connectivity index (χ1) is 6.93. The number of carboxylic acids is 1. The van der Waals surface area contributed by atoms with Crippen molar-refractivity contribution in [2.45, 2.75) is 44.9 Å². The molecule has 3 heteroatoms. The second-order valence-electron chi connectivity index (χ2n) is 3.91. The molecule has 0 radical (unpaired) electrons. The number of alkyl halides is 1. The second kappa shape index (κ2) is 7.69. The summed E-state index contributed by atoms with van der Waals surface area (Å²) in [4.78, 5) is 10.1. The highest BCUT2D eigenvalue weighted by Gasteiger charge is 2.10. The summed E-state index contributed by atoms with van der Waals surface area (Å²) in [5, 5.41) is 8.66. The Balaban J connectivity index is 3.89. The number of halogens is 1. The topological polar surface area (TPSA) is 37.3 Å². The minimum atomic E-state index is -0.802. The van der Waals surface area contributed by atoms with Crippen LogP contribution in [0.25, 0.3) is 0 Å². The Bertz CT molecular complexity index is 263. The highest BCUT2D eigenvalue weighted by atomic mass is 79.9. The van der Waals surface area contributed by atoms with Gasteiger partial charge in [-0.05, 0) is 40.0 Å². The van der Waals surface area contributed by atoms with Crippen molar-refractivity contribution < 1.29 is 9.90 Å². The van der Waals surface area contributed by atoms with Gasteiger partial charge >= 0.3 is 5.97 Å². The van der Waals surface area contributed by atoms with E-state index in [1.165, 1.54) is 11.1 Å². The lowest BCUT2D eigenvalue weighted by molar-refractivity contribution is -0.136. The molecule has 1 unspecified atom stereocenters. The Kier molecular flexibility index (Phi) is 7.39. The number of carboxylic acid groups (broad SMARTS) is 1. The van der Waals surface area contributed by atoms with Crippen LogP contribution in [0.5, 0.6) is 0 Å². The molecule has 0 fully saturated rings. The normalized spacial score (nSPS) is 13.5. The molecule has 0 aromatic heterocycles. The monoisotopic (exact) mass is 274 g/mol. The molecule has 0 aromatic carbocycles. The van der Waals surface area contributed by atoms with Gasteiger partial charge in [-0.15, -0.1) is 0 Å². The number of aliphatic carboxylic acids is 1. The number of carbonyl (C=O) groups is 1. The number of hydrogen-bond donors (Lipinski definition) is 1. The fourth-order valence-corrected chi connectivity index (χ4v) is 1.28. The van der Waals surface area contributed by atoms with Gasteiger partial charge in [-0.1, -0.05) is 39.2 Å². The zero-order valence-corrected chi connectivity index (χ0v) is 11.2. The molecule has 15 heavy (non-hydrogen) atoms. The summed E-state index contributed by atoms with van der Waals surface area (Å²) in [5.41, 5.74) is 2.57. The minimum absolute atomic E-state index is 0.462. The third-order valence-electron chi connectivity index (χ3n) is 2.03. The van der Waals surface area contributed by atoms with E-state index in [1.54, 1.807) is 0 Å². The first-order valence-corrected chi connectivity index (χ1v) is 6.01. The van der Waals surface area contributed by atoms with Crippen molar-refractivity contribution in [1.82, 2.24) is 0 Å². The Hall–Kier alpha value is -0.570. The average molecular weight is 275 g/mol. The van der Waals surface area contributed by atoms with Gasteiger partial charge in [0, 0.05) is 0 Å². The lowest BCUT2D eigenvalue weighted by Crippen LogP contribution is -2.11. The molecule has 0 aromatic rings. The van der Waals surface area contributed by atoms with Crippen LogP contribution in [0.1, 0.15) is 40.0 Å². The standard InChI is InChI=1S/C12H19BrO2/c1-9(2)5-4-6-10(3)7-8-11(13)12(14)15/h5,7,11H,4,6,8H2,1-3H3,(H,14,15)/b10-7+. The molecule has 0 aliphatic heterocycles. The summed E-state index contributed by atoms with van der Waals surface area (Å²) in [6.07, 6.45) is 6.78. The van der Waals surface area contributed by atoms with E-state index in [-0.39, 0.29) is 0 Å². The van der Waals surface area contributed by atoms with Crippen LogP contribution in [0.4, 0.5) is 0 Å². The van der Waals surface area contributed by atoms with E-state index < -0.39 is 10.8 Å². The van der Waals surface area contributed by atoms with Crippen molar-refractivity contribution in [2.75, 3.05) is 0 Å². The highest BCUT2D eigenvalue weighted by molar-refractivity contribution is 9.10. The molecule has 0 saturated carbocycles. The zero-order chi connectivity index (χ0) is 11.8. The van der Waals surface area contributed by atoms with Crippen molar-refractivity contribution in [2.24, 2.45) is 0 Å². The minimum Gasteiger partial charge on any atom is -0.480 e. The summed E-state index contributed by atoms with van der Waals surface area (Å²) < 4.78 is 0. The van der Waals surface area contributed by atoms with Gasteiger partial charge in [0.2, 0.25) is 0 Å². The molecule has 2 nitrogen and oxygen atoms in total. The van der Waals surface area contributed by atoms with E-state index in [1.807, 2.05) is 13.0 Å². The summed E-state index contributed by atoms with van der Waals surface area (Å²) in [6.45, 7) is 6.20. The smallest absolute Gasteiger partial charge is 0.317 e. The van der Waals surface area contributed by atoms with Crippen LogP contribution >= 0.6 is 15.9 Å². The number of rotatable bonds is 6. The Labute approximate surface area is 100 Å². The quantitative estimate of drug-likeness (QED) is 0.589. The third kappa shape index (κ3) is 8.43. The SMILES string of the molecule is CC(C)=CCC/C(C)=C/CC(Br)C(=O)O. The van der Waals surface area contributed by atoms with Crippen LogP contribution in [-0.2, 0) is 4.79 Å². The maximum Gasteiger partial charge on any atom is 0.317 e. The van der Waals surface area contributed by atoms with Crippen molar-refractivity contribution >= 4 is 21.9 Å². The van der Waals surface area contributed by atoms with Gasteiger partial charge in [0.05, 0.1) is 0 Å². The van der Waals surface area contributed by atoms with E-state index in [4.69, 9.17) is 5.11 Å². The van der Waals surface area contributed by atoms with Crippen LogP contribution in [-0.4, -0.2) is 15.9 Å². The number of allylic oxidation sites excluding steroid dienone is 4. The van der Waals surface area contributed by atoms with Crippen LogP contribution in [0.15, 0.2) is 23.3 Å². The van der Waals surface area contributed by atoms with Crippen molar-refractivity contribution in [1.29, 1.82) is 0 Å². The molecule has 0 aliphatic carbocycles. The molecule has 0 heterocycles. The highest BCUT2D eigenvalue weighted by Crippen LogP contribution is 2.12. The lowest BCUT2D eigenvalue weighted by atomic mass is 10.1. The van der Waals surface area contributed by atoms with Gasteiger partial charge < -0.3 is 5.11 Å². The van der Waals surface area contributed by atoms with E-state index in [9.17, 15) is 4.79 Å². The van der Waals surface area contributed by atoms with Gasteiger partial charge in [0.15, 0.2) is 0 Å². The van der Waals surface area contributed by atoms with Crippen LogP contribution < -0.4 is 0 Å². The molecular weight excluding hydrogens is 256 g/mol. The molecule has 1 N–H and O–H groups in total. The fraction of sp³-hybridized carbons (Fsp3) is 0.583. The Morgan fingerprint density at radius 2 is 1.93 bits per heavy atom. The average Bonchev–Trinajstić information content (AvgIpc) is 2.13. The molecule has 86 valence electrons. The van der Waals surface area contributed by atoms with E-state index in [2.05, 4.69) is 35.9 Å². The molecule has 0 saturated heterocycles. The molecule has 0 aliphatic rings. The van der Waals surface area contributed by atoms with E-state index >= 15 is 0 Å². The molecule has 0 bridgehead atoms. The van der Waals surface area contributed by atoms with Crippen molar-refractivity contribution in [3.05, 3.63) is 23.3 Å². The largest absolute Gasteiger partial charge is 0.480 e. The molecular formula is C12H19BrO2. The Morgan fingerprint density at radius 1 is 1.33 bits per heavy atom. The predicted octanol–water partition coefficient (Wildman–Crippen LogP) is 3.92. The van der Waals surface area contributed by atoms with Gasteiger partial charge in [0.25, 0.3) is 0 Å². The summed E-state index contributed by atoms with van der Waals surface area (Å²) >= 11 is 3.11. The maximum absolute atomic E-state index is 10.5. The number of hydrogen-bond acceptors (Lipinski definition) is 1. The van der Waals surface area contributed by atoms with Crippen LogP contribution in [0.3, 0.4) is 0 Å². The van der Waals surface area contributed by atoms with E-state index in [0.29, 0.717) is 6.42 Å². The summed E-state index contributed by atoms with van der Waals surface area (Å²) in [5.74, 6) is -0.802. The first kappa shape index (κ1) is 14.4. The van der Waals surface area contributed by atoms with Gasteiger partial charge in [-0.2, -0.15) is 0 Å². The van der Waals surface area contributed by atoms with Crippen LogP contribution in [0, 0.1) is 0 Å². The summed E-state index contributed by atoms with van der Waals surface area (Å²) in [6, 6.07) is 0.